The number of anilines is 3. The van der Waals surface area contributed by atoms with Crippen molar-refractivity contribution in [3.05, 3.63) is 40.8 Å². The molecule has 30 heavy (non-hydrogen) atoms. The molecular weight excluding hydrogens is 386 g/mol. The summed E-state index contributed by atoms with van der Waals surface area (Å²) in [4.78, 5) is 31.7. The van der Waals surface area contributed by atoms with Crippen molar-refractivity contribution in [3.8, 4) is 11.5 Å². The average Bonchev–Trinajstić information content (AvgIpc) is 2.71. The summed E-state index contributed by atoms with van der Waals surface area (Å²) in [7, 11) is 3.72. The number of nitrogens with zero attached hydrogens (tertiary/aromatic N) is 2. The molecule has 0 atom stereocenters. The van der Waals surface area contributed by atoms with Crippen molar-refractivity contribution < 1.29 is 14.3 Å². The maximum absolute atomic E-state index is 12.5. The smallest absolute Gasteiger partial charge is 0.417 e. The second-order valence-corrected chi connectivity index (χ2v) is 7.54. The van der Waals surface area contributed by atoms with Crippen LogP contribution in [-0.4, -0.2) is 62.4 Å². The Morgan fingerprint density at radius 1 is 1.17 bits per heavy atom. The van der Waals surface area contributed by atoms with Crippen LogP contribution < -0.4 is 30.6 Å². The number of carbonyl (C=O) groups excluding carboxylic acids is 1. The molecule has 1 aromatic carbocycles. The minimum atomic E-state index is -0.743. The number of pyridine rings is 1. The molecule has 1 amide bonds. The van der Waals surface area contributed by atoms with E-state index in [0.717, 1.165) is 37.6 Å². The Hall–Kier alpha value is -3.20. The van der Waals surface area contributed by atoms with E-state index < -0.39 is 11.7 Å². The number of H-pyrrole nitrogens is 1. The van der Waals surface area contributed by atoms with E-state index in [4.69, 9.17) is 9.47 Å². The first kappa shape index (κ1) is 21.5. The summed E-state index contributed by atoms with van der Waals surface area (Å²) in [5, 5.41) is 5.81. The Bertz CT molecular complexity index is 935. The van der Waals surface area contributed by atoms with Crippen molar-refractivity contribution >= 4 is 23.2 Å². The summed E-state index contributed by atoms with van der Waals surface area (Å²) in [6, 6.07) is 7.13. The molecule has 3 rings (SSSR count). The molecule has 1 fully saturated rings. The molecule has 0 radical (unpaired) electrons. The van der Waals surface area contributed by atoms with Crippen molar-refractivity contribution in [3.63, 3.8) is 0 Å². The van der Waals surface area contributed by atoms with Gasteiger partial charge < -0.3 is 29.6 Å². The number of hydrogen-bond donors (Lipinski definition) is 3. The highest BCUT2D eigenvalue weighted by Crippen LogP contribution is 2.32. The summed E-state index contributed by atoms with van der Waals surface area (Å²) in [6.07, 6.45) is 0.761. The van der Waals surface area contributed by atoms with Crippen LogP contribution in [0, 0.1) is 0 Å². The van der Waals surface area contributed by atoms with Gasteiger partial charge in [-0.05, 0) is 45.2 Å². The number of hydrogen-bond acceptors (Lipinski definition) is 7. The molecule has 0 aliphatic carbocycles. The predicted octanol–water partition coefficient (Wildman–Crippen LogP) is 2.57. The minimum Gasteiger partial charge on any atom is -0.495 e. The minimum absolute atomic E-state index is 0.0727. The summed E-state index contributed by atoms with van der Waals surface area (Å²) in [5.74, 6) is 0.665. The first-order valence-corrected chi connectivity index (χ1v) is 9.96. The number of rotatable bonds is 6. The number of piperazine rings is 1. The van der Waals surface area contributed by atoms with Crippen LogP contribution in [0.25, 0.3) is 0 Å². The maximum Gasteiger partial charge on any atom is 0.417 e. The zero-order chi connectivity index (χ0) is 21.7. The fourth-order valence-corrected chi connectivity index (χ4v) is 3.29. The van der Waals surface area contributed by atoms with Gasteiger partial charge in [-0.1, -0.05) is 0 Å². The summed E-state index contributed by atoms with van der Waals surface area (Å²) in [5.41, 5.74) is 1.43. The molecule has 0 unspecified atom stereocenters. The number of methoxy groups -OCH3 is 1. The lowest BCUT2D eigenvalue weighted by Crippen LogP contribution is -2.44. The number of ether oxygens (including phenoxy) is 2. The number of nitrogens with one attached hydrogen (secondary N) is 3. The Morgan fingerprint density at radius 2 is 1.90 bits per heavy atom. The zero-order valence-corrected chi connectivity index (χ0v) is 17.8. The van der Waals surface area contributed by atoms with Crippen LogP contribution in [0.3, 0.4) is 0 Å². The monoisotopic (exact) mass is 415 g/mol. The molecule has 1 aliphatic heterocycles. The Morgan fingerprint density at radius 3 is 2.57 bits per heavy atom. The average molecular weight is 415 g/mol. The van der Waals surface area contributed by atoms with E-state index >= 15 is 0 Å². The number of carbonyl (C=O) groups is 1. The number of likely N-dealkylation sites (N-methyl/N-ethyl adjacent to an activating group) is 1. The van der Waals surface area contributed by atoms with Gasteiger partial charge in [0.2, 0.25) is 5.75 Å². The van der Waals surface area contributed by atoms with Crippen molar-refractivity contribution in [2.24, 2.45) is 0 Å². The highest BCUT2D eigenvalue weighted by Gasteiger charge is 2.19. The normalized spacial score (nSPS) is 14.5. The zero-order valence-electron chi connectivity index (χ0n) is 17.8. The van der Waals surface area contributed by atoms with E-state index in [1.807, 2.05) is 26.0 Å². The molecule has 3 N–H and O–H groups in total. The van der Waals surface area contributed by atoms with Gasteiger partial charge in [-0.2, -0.15) is 0 Å². The summed E-state index contributed by atoms with van der Waals surface area (Å²) >= 11 is 0. The van der Waals surface area contributed by atoms with Gasteiger partial charge in [0, 0.05) is 44.1 Å². The molecule has 2 heterocycles. The van der Waals surface area contributed by atoms with Gasteiger partial charge in [-0.15, -0.1) is 0 Å². The van der Waals surface area contributed by atoms with Gasteiger partial charge in [0.15, 0.2) is 0 Å². The van der Waals surface area contributed by atoms with Crippen LogP contribution >= 0.6 is 0 Å². The third-order valence-corrected chi connectivity index (χ3v) is 4.82. The number of aromatic nitrogens is 1. The first-order valence-electron chi connectivity index (χ1n) is 9.96. The van der Waals surface area contributed by atoms with E-state index in [1.165, 1.54) is 6.20 Å². The highest BCUT2D eigenvalue weighted by atomic mass is 16.6. The largest absolute Gasteiger partial charge is 0.495 e. The second-order valence-electron chi connectivity index (χ2n) is 7.54. The molecule has 1 saturated heterocycles. The van der Waals surface area contributed by atoms with Gasteiger partial charge >= 0.3 is 6.09 Å². The van der Waals surface area contributed by atoms with Gasteiger partial charge in [-0.25, -0.2) is 4.79 Å². The lowest BCUT2D eigenvalue weighted by atomic mass is 10.2. The van der Waals surface area contributed by atoms with Crippen LogP contribution in [-0.2, 0) is 0 Å². The molecule has 9 nitrogen and oxygen atoms in total. The Labute approximate surface area is 176 Å². The Kier molecular flexibility index (Phi) is 6.83. The third-order valence-electron chi connectivity index (χ3n) is 4.82. The predicted molar refractivity (Wildman–Crippen MR) is 118 cm³/mol. The van der Waals surface area contributed by atoms with E-state index in [-0.39, 0.29) is 11.8 Å². The standard InChI is InChI=1S/C21H29N5O4/c1-14(2)23-16-7-8-22-20(27)19(16)30-21(28)24-15-5-6-18(29-4)17(13-15)26-11-9-25(3)10-12-26/h5-8,13-14H,9-12H2,1-4H3,(H,24,28)(H2,22,23,27). The molecule has 162 valence electrons. The topological polar surface area (TPSA) is 98.9 Å². The Balaban J connectivity index is 1.76. The first-order chi connectivity index (χ1) is 14.4. The fraction of sp³-hybridized carbons (Fsp3) is 0.429. The molecule has 1 aromatic heterocycles. The van der Waals surface area contributed by atoms with E-state index in [1.54, 1.807) is 19.2 Å². The molecule has 9 heteroatoms. The van der Waals surface area contributed by atoms with Crippen LogP contribution in [0.15, 0.2) is 35.3 Å². The molecular formula is C21H29N5O4. The van der Waals surface area contributed by atoms with Gasteiger partial charge in [0.25, 0.3) is 5.56 Å². The van der Waals surface area contributed by atoms with Crippen LogP contribution in [0.2, 0.25) is 0 Å². The van der Waals surface area contributed by atoms with Crippen LogP contribution in [0.4, 0.5) is 21.9 Å². The maximum atomic E-state index is 12.5. The van der Waals surface area contributed by atoms with Crippen LogP contribution in [0.5, 0.6) is 11.5 Å². The third kappa shape index (κ3) is 5.24. The molecule has 0 saturated carbocycles. The lowest BCUT2D eigenvalue weighted by Gasteiger charge is -2.34. The molecule has 2 aromatic rings. The van der Waals surface area contributed by atoms with E-state index in [9.17, 15) is 9.59 Å². The number of benzene rings is 1. The van der Waals surface area contributed by atoms with Crippen molar-refractivity contribution in [2.45, 2.75) is 19.9 Å². The highest BCUT2D eigenvalue weighted by molar-refractivity contribution is 5.88. The lowest BCUT2D eigenvalue weighted by molar-refractivity contribution is 0.214. The molecule has 0 bridgehead atoms. The fourth-order valence-electron chi connectivity index (χ4n) is 3.29. The number of amides is 1. The van der Waals surface area contributed by atoms with E-state index in [0.29, 0.717) is 11.4 Å². The van der Waals surface area contributed by atoms with Gasteiger partial charge in [0.1, 0.15) is 5.75 Å². The van der Waals surface area contributed by atoms with Gasteiger partial charge in [0.05, 0.1) is 18.5 Å². The quantitative estimate of drug-likeness (QED) is 0.667. The summed E-state index contributed by atoms with van der Waals surface area (Å²) < 4.78 is 10.8. The van der Waals surface area contributed by atoms with E-state index in [2.05, 4.69) is 32.5 Å². The number of aromatic amines is 1. The SMILES string of the molecule is COc1ccc(NC(=O)Oc2c(NC(C)C)cc[nH]c2=O)cc1N1CCN(C)CC1. The molecule has 0 spiro atoms. The van der Waals surface area contributed by atoms with Crippen molar-refractivity contribution in [1.82, 2.24) is 9.88 Å². The second kappa shape index (κ2) is 9.53. The van der Waals surface area contributed by atoms with Crippen molar-refractivity contribution in [1.29, 1.82) is 0 Å². The van der Waals surface area contributed by atoms with Gasteiger partial charge in [-0.3, -0.25) is 10.1 Å². The van der Waals surface area contributed by atoms with Crippen LogP contribution in [0.1, 0.15) is 13.8 Å². The van der Waals surface area contributed by atoms with Crippen molar-refractivity contribution in [2.75, 3.05) is 55.9 Å². The summed E-state index contributed by atoms with van der Waals surface area (Å²) in [6.45, 7) is 7.50. The molecule has 1 aliphatic rings.